The van der Waals surface area contributed by atoms with Crippen LogP contribution in [-0.4, -0.2) is 13.7 Å². The van der Waals surface area contributed by atoms with Crippen molar-refractivity contribution in [1.29, 1.82) is 0 Å². The number of hydrogen-bond acceptors (Lipinski definition) is 2. The minimum Gasteiger partial charge on any atom is -0.491 e. The highest BCUT2D eigenvalue weighted by Crippen LogP contribution is 2.32. The first-order chi connectivity index (χ1) is 7.79. The van der Waals surface area contributed by atoms with Crippen LogP contribution >= 0.6 is 0 Å². The van der Waals surface area contributed by atoms with E-state index in [0.717, 1.165) is 17.9 Å². The van der Waals surface area contributed by atoms with Crippen molar-refractivity contribution >= 4 is 0 Å². The molecule has 0 atom stereocenters. The van der Waals surface area contributed by atoms with Gasteiger partial charge in [-0.15, -0.1) is 0 Å². The number of benzene rings is 1. The molecule has 0 aromatic heterocycles. The van der Waals surface area contributed by atoms with Gasteiger partial charge in [0.1, 0.15) is 0 Å². The Balaban J connectivity index is 1.87. The first-order valence-corrected chi connectivity index (χ1v) is 5.85. The van der Waals surface area contributed by atoms with Crippen LogP contribution in [0.25, 0.3) is 0 Å². The quantitative estimate of drug-likeness (QED) is 0.800. The number of rotatable bonds is 6. The van der Waals surface area contributed by atoms with Gasteiger partial charge >= 0.3 is 0 Å². The van der Waals surface area contributed by atoms with Crippen LogP contribution in [0.15, 0.2) is 18.2 Å². The minimum atomic E-state index is -0.261. The lowest BCUT2D eigenvalue weighted by Crippen LogP contribution is -2.06. The molecule has 1 fully saturated rings. The Hall–Kier alpha value is -1.09. The van der Waals surface area contributed by atoms with Crippen molar-refractivity contribution in [2.24, 2.45) is 5.92 Å². The van der Waals surface area contributed by atoms with Crippen molar-refractivity contribution in [1.82, 2.24) is 5.32 Å². The molecule has 88 valence electrons. The zero-order chi connectivity index (χ0) is 11.4. The summed E-state index contributed by atoms with van der Waals surface area (Å²) in [6, 6.07) is 5.14. The molecular formula is C13H18FNO. The maximum absolute atomic E-state index is 13.6. The zero-order valence-corrected chi connectivity index (χ0v) is 9.63. The summed E-state index contributed by atoms with van der Waals surface area (Å²) in [6.45, 7) is 1.31. The largest absolute Gasteiger partial charge is 0.491 e. The molecule has 0 heterocycles. The Morgan fingerprint density at radius 3 is 2.88 bits per heavy atom. The molecule has 1 aliphatic carbocycles. The second-order valence-corrected chi connectivity index (χ2v) is 4.38. The Kier molecular flexibility index (Phi) is 3.78. The Morgan fingerprint density at radius 1 is 1.44 bits per heavy atom. The maximum Gasteiger partial charge on any atom is 0.165 e. The predicted octanol–water partition coefficient (Wildman–Crippen LogP) is 2.72. The second kappa shape index (κ2) is 5.30. The number of hydrogen-bond donors (Lipinski definition) is 1. The maximum atomic E-state index is 13.6. The molecule has 1 N–H and O–H groups in total. The normalized spacial score (nSPS) is 15.1. The standard InChI is InChI=1S/C13H18FNO/c1-15-9-11-4-5-13(12(14)8-11)16-7-6-10-2-3-10/h4-5,8,10,15H,2-3,6-7,9H2,1H3. The summed E-state index contributed by atoms with van der Waals surface area (Å²) in [5.74, 6) is 0.940. The van der Waals surface area contributed by atoms with Crippen LogP contribution in [0.1, 0.15) is 24.8 Å². The van der Waals surface area contributed by atoms with E-state index in [9.17, 15) is 4.39 Å². The molecule has 3 heteroatoms. The molecule has 0 amide bonds. The fourth-order valence-corrected chi connectivity index (χ4v) is 1.72. The van der Waals surface area contributed by atoms with Gasteiger partial charge in [-0.3, -0.25) is 0 Å². The van der Waals surface area contributed by atoms with Crippen molar-refractivity contribution in [3.63, 3.8) is 0 Å². The zero-order valence-electron chi connectivity index (χ0n) is 9.63. The highest BCUT2D eigenvalue weighted by atomic mass is 19.1. The van der Waals surface area contributed by atoms with Gasteiger partial charge in [0.15, 0.2) is 11.6 Å². The van der Waals surface area contributed by atoms with Crippen molar-refractivity contribution in [2.75, 3.05) is 13.7 Å². The molecule has 0 saturated heterocycles. The Labute approximate surface area is 95.8 Å². The summed E-state index contributed by atoms with van der Waals surface area (Å²) < 4.78 is 19.0. The van der Waals surface area contributed by atoms with Crippen molar-refractivity contribution in [3.05, 3.63) is 29.6 Å². The summed E-state index contributed by atoms with van der Waals surface area (Å²) in [5, 5.41) is 2.99. The van der Waals surface area contributed by atoms with Gasteiger partial charge in [-0.05, 0) is 37.1 Å². The van der Waals surface area contributed by atoms with Crippen molar-refractivity contribution in [3.8, 4) is 5.75 Å². The van der Waals surface area contributed by atoms with Crippen LogP contribution in [0.4, 0.5) is 4.39 Å². The van der Waals surface area contributed by atoms with E-state index in [0.29, 0.717) is 18.9 Å². The third-order valence-electron chi connectivity index (χ3n) is 2.86. The summed E-state index contributed by atoms with van der Waals surface area (Å²) in [7, 11) is 1.85. The average Bonchev–Trinajstić information content (AvgIpc) is 3.06. The van der Waals surface area contributed by atoms with Gasteiger partial charge < -0.3 is 10.1 Å². The Bertz CT molecular complexity index is 350. The topological polar surface area (TPSA) is 21.3 Å². The van der Waals surface area contributed by atoms with Gasteiger partial charge in [-0.25, -0.2) is 4.39 Å². The van der Waals surface area contributed by atoms with E-state index < -0.39 is 0 Å². The number of ether oxygens (including phenoxy) is 1. The van der Waals surface area contributed by atoms with Crippen molar-refractivity contribution < 1.29 is 9.13 Å². The molecule has 1 aromatic rings. The molecule has 2 rings (SSSR count). The lowest BCUT2D eigenvalue weighted by Gasteiger charge is -2.08. The third kappa shape index (κ3) is 3.20. The molecule has 1 aromatic carbocycles. The van der Waals surface area contributed by atoms with E-state index >= 15 is 0 Å². The number of halogens is 1. The van der Waals surface area contributed by atoms with E-state index in [1.165, 1.54) is 18.9 Å². The smallest absolute Gasteiger partial charge is 0.165 e. The lowest BCUT2D eigenvalue weighted by molar-refractivity contribution is 0.288. The first kappa shape index (κ1) is 11.4. The lowest BCUT2D eigenvalue weighted by atomic mass is 10.2. The second-order valence-electron chi connectivity index (χ2n) is 4.38. The average molecular weight is 223 g/mol. The SMILES string of the molecule is CNCc1ccc(OCCC2CC2)c(F)c1. The van der Waals surface area contributed by atoms with E-state index in [4.69, 9.17) is 4.74 Å². The van der Waals surface area contributed by atoms with Gasteiger partial charge in [-0.1, -0.05) is 18.9 Å². The highest BCUT2D eigenvalue weighted by molar-refractivity contribution is 5.29. The van der Waals surface area contributed by atoms with Gasteiger partial charge in [0.2, 0.25) is 0 Å². The van der Waals surface area contributed by atoms with E-state index in [-0.39, 0.29) is 5.82 Å². The minimum absolute atomic E-state index is 0.261. The first-order valence-electron chi connectivity index (χ1n) is 5.85. The van der Waals surface area contributed by atoms with E-state index in [2.05, 4.69) is 5.32 Å². The summed E-state index contributed by atoms with van der Waals surface area (Å²) >= 11 is 0. The molecular weight excluding hydrogens is 205 g/mol. The van der Waals surface area contributed by atoms with E-state index in [1.54, 1.807) is 6.07 Å². The fourth-order valence-electron chi connectivity index (χ4n) is 1.72. The molecule has 16 heavy (non-hydrogen) atoms. The molecule has 2 nitrogen and oxygen atoms in total. The summed E-state index contributed by atoms with van der Waals surface area (Å²) in [4.78, 5) is 0. The molecule has 1 aliphatic rings. The van der Waals surface area contributed by atoms with Crippen LogP contribution in [0, 0.1) is 11.7 Å². The Morgan fingerprint density at radius 2 is 2.25 bits per heavy atom. The molecule has 0 bridgehead atoms. The monoisotopic (exact) mass is 223 g/mol. The van der Waals surface area contributed by atoms with Gasteiger partial charge in [0.05, 0.1) is 6.61 Å². The van der Waals surface area contributed by atoms with Crippen LogP contribution in [0.3, 0.4) is 0 Å². The van der Waals surface area contributed by atoms with Gasteiger partial charge in [-0.2, -0.15) is 0 Å². The summed E-state index contributed by atoms with van der Waals surface area (Å²) in [6.07, 6.45) is 3.68. The van der Waals surface area contributed by atoms with Crippen LogP contribution in [-0.2, 0) is 6.54 Å². The molecule has 0 radical (unpaired) electrons. The fraction of sp³-hybridized carbons (Fsp3) is 0.538. The molecule has 0 unspecified atom stereocenters. The summed E-state index contributed by atoms with van der Waals surface area (Å²) in [5.41, 5.74) is 0.939. The molecule has 0 spiro atoms. The van der Waals surface area contributed by atoms with Crippen LogP contribution < -0.4 is 10.1 Å². The number of nitrogens with one attached hydrogen (secondary N) is 1. The van der Waals surface area contributed by atoms with Gasteiger partial charge in [0, 0.05) is 6.54 Å². The van der Waals surface area contributed by atoms with Crippen molar-refractivity contribution in [2.45, 2.75) is 25.8 Å². The van der Waals surface area contributed by atoms with Gasteiger partial charge in [0.25, 0.3) is 0 Å². The van der Waals surface area contributed by atoms with Crippen LogP contribution in [0.2, 0.25) is 0 Å². The predicted molar refractivity (Wildman–Crippen MR) is 62.0 cm³/mol. The third-order valence-corrected chi connectivity index (χ3v) is 2.86. The molecule has 0 aliphatic heterocycles. The van der Waals surface area contributed by atoms with E-state index in [1.807, 2.05) is 13.1 Å². The van der Waals surface area contributed by atoms with Crippen LogP contribution in [0.5, 0.6) is 5.75 Å². The highest BCUT2D eigenvalue weighted by Gasteiger charge is 2.20. The molecule has 1 saturated carbocycles.